The van der Waals surface area contributed by atoms with E-state index in [1.807, 2.05) is 42.5 Å². The summed E-state index contributed by atoms with van der Waals surface area (Å²) in [5.41, 5.74) is 4.50. The summed E-state index contributed by atoms with van der Waals surface area (Å²) in [7, 11) is 3.05. The molecule has 0 spiro atoms. The van der Waals surface area contributed by atoms with Crippen LogP contribution in [0.1, 0.15) is 28.8 Å². The molecule has 0 aliphatic carbocycles. The van der Waals surface area contributed by atoms with Crippen LogP contribution in [0, 0.1) is 5.92 Å². The van der Waals surface area contributed by atoms with Crippen molar-refractivity contribution in [3.8, 4) is 34.0 Å². The number of ether oxygens (including phenoxy) is 2. The lowest BCUT2D eigenvalue weighted by Gasteiger charge is -2.30. The first-order chi connectivity index (χ1) is 20.8. The average Bonchev–Trinajstić information content (AvgIpc) is 3.02. The van der Waals surface area contributed by atoms with Gasteiger partial charge in [0.15, 0.2) is 17.9 Å². The smallest absolute Gasteiger partial charge is 0.306 e. The van der Waals surface area contributed by atoms with E-state index in [0.29, 0.717) is 94.0 Å². The molecule has 0 bridgehead atoms. The summed E-state index contributed by atoms with van der Waals surface area (Å²) in [6, 6.07) is 16.4. The molecule has 222 valence electrons. The van der Waals surface area contributed by atoms with Crippen molar-refractivity contribution in [1.82, 2.24) is 14.9 Å². The molecule has 1 aliphatic rings. The highest BCUT2D eigenvalue weighted by molar-refractivity contribution is 6.39. The van der Waals surface area contributed by atoms with Crippen molar-refractivity contribution < 1.29 is 24.2 Å². The van der Waals surface area contributed by atoms with Crippen LogP contribution in [-0.2, 0) is 11.3 Å². The second kappa shape index (κ2) is 13.4. The van der Waals surface area contributed by atoms with Crippen LogP contribution in [0.4, 0.5) is 11.5 Å². The van der Waals surface area contributed by atoms with Crippen LogP contribution in [0.25, 0.3) is 22.4 Å². The van der Waals surface area contributed by atoms with Crippen LogP contribution >= 0.6 is 23.2 Å². The molecule has 0 amide bonds. The van der Waals surface area contributed by atoms with Crippen LogP contribution in [0.15, 0.2) is 60.8 Å². The Morgan fingerprint density at radius 1 is 1.00 bits per heavy atom. The van der Waals surface area contributed by atoms with E-state index in [0.717, 1.165) is 5.56 Å². The maximum atomic E-state index is 11.3. The molecular weight excluding hydrogens is 591 g/mol. The molecule has 0 radical (unpaired) electrons. The summed E-state index contributed by atoms with van der Waals surface area (Å²) >= 11 is 13.9. The fraction of sp³-hybridized carbons (Fsp3) is 0.250. The van der Waals surface area contributed by atoms with Gasteiger partial charge in [-0.05, 0) is 50.2 Å². The van der Waals surface area contributed by atoms with Gasteiger partial charge in [-0.15, -0.1) is 0 Å². The minimum atomic E-state index is -0.732. The van der Waals surface area contributed by atoms with Crippen LogP contribution in [-0.4, -0.2) is 59.5 Å². The van der Waals surface area contributed by atoms with E-state index in [4.69, 9.17) is 32.7 Å². The number of carboxylic acids is 1. The number of halogens is 2. The molecule has 4 aromatic rings. The number of benzene rings is 2. The number of hydrogen-bond acceptors (Lipinski definition) is 8. The largest absolute Gasteiger partial charge is 0.493 e. The number of anilines is 2. The lowest BCUT2D eigenvalue weighted by atomic mass is 9.97. The predicted molar refractivity (Wildman–Crippen MR) is 167 cm³/mol. The highest BCUT2D eigenvalue weighted by atomic mass is 35.5. The third kappa shape index (κ3) is 6.44. The van der Waals surface area contributed by atoms with Crippen molar-refractivity contribution >= 4 is 47.0 Å². The summed E-state index contributed by atoms with van der Waals surface area (Å²) in [6.45, 7) is 2.00. The Hall–Kier alpha value is -4.18. The molecule has 0 saturated carbocycles. The fourth-order valence-electron chi connectivity index (χ4n) is 5.26. The zero-order chi connectivity index (χ0) is 30.5. The zero-order valence-electron chi connectivity index (χ0n) is 23.6. The molecule has 9 nitrogen and oxygen atoms in total. The Morgan fingerprint density at radius 3 is 2.37 bits per heavy atom. The van der Waals surface area contributed by atoms with E-state index < -0.39 is 5.97 Å². The van der Waals surface area contributed by atoms with Gasteiger partial charge in [0.05, 0.1) is 47.1 Å². The van der Waals surface area contributed by atoms with Crippen LogP contribution in [0.5, 0.6) is 11.6 Å². The van der Waals surface area contributed by atoms with Crippen molar-refractivity contribution in [1.29, 1.82) is 0 Å². The molecule has 1 aliphatic heterocycles. The van der Waals surface area contributed by atoms with E-state index in [1.54, 1.807) is 25.4 Å². The van der Waals surface area contributed by atoms with E-state index in [-0.39, 0.29) is 11.8 Å². The fourth-order valence-corrected chi connectivity index (χ4v) is 5.86. The van der Waals surface area contributed by atoms with Crippen LogP contribution < -0.4 is 14.8 Å². The normalized spacial score (nSPS) is 13.9. The lowest BCUT2D eigenvalue weighted by Crippen LogP contribution is -2.35. The van der Waals surface area contributed by atoms with Gasteiger partial charge in [0, 0.05) is 35.0 Å². The summed E-state index contributed by atoms with van der Waals surface area (Å²) in [5, 5.41) is 13.5. The van der Waals surface area contributed by atoms with E-state index >= 15 is 0 Å². The van der Waals surface area contributed by atoms with Gasteiger partial charge in [-0.1, -0.05) is 53.5 Å². The zero-order valence-corrected chi connectivity index (χ0v) is 25.2. The van der Waals surface area contributed by atoms with Crippen molar-refractivity contribution in [3.63, 3.8) is 0 Å². The minimum absolute atomic E-state index is 0.214. The molecular formula is C32H30Cl2N4O5. The number of carbonyl (C=O) groups is 2. The predicted octanol–water partition coefficient (Wildman–Crippen LogP) is 6.99. The number of nitrogens with one attached hydrogen (secondary N) is 1. The van der Waals surface area contributed by atoms with Gasteiger partial charge in [0.2, 0.25) is 5.88 Å². The number of methoxy groups -OCH3 is 2. The number of aldehydes is 1. The number of likely N-dealkylation sites (tertiary alicyclic amines) is 1. The molecule has 1 fully saturated rings. The van der Waals surface area contributed by atoms with Gasteiger partial charge in [-0.2, -0.15) is 0 Å². The molecule has 1 saturated heterocycles. The highest BCUT2D eigenvalue weighted by Crippen LogP contribution is 2.42. The number of hydrogen-bond donors (Lipinski definition) is 2. The number of carbonyl (C=O) groups excluding carboxylic acids is 1. The standard InChI is InChI=1S/C32H30Cl2N4O5/c1-42-29-20(17-38-15-12-19(13-16-38)32(40)41)11-14-35-30(29)36-26-8-4-6-23(28(26)34)22-5-3-7-24(27(22)33)25-10-9-21(18-39)31(37-25)43-2/h3-11,14,18-19H,12-13,15-17H2,1-2H3,(H,35,36)(H,40,41). The number of rotatable bonds is 10. The molecule has 43 heavy (non-hydrogen) atoms. The molecule has 5 rings (SSSR count). The highest BCUT2D eigenvalue weighted by Gasteiger charge is 2.25. The number of aliphatic carboxylic acids is 1. The Morgan fingerprint density at radius 2 is 1.70 bits per heavy atom. The summed E-state index contributed by atoms with van der Waals surface area (Å²) in [5.74, 6) is 0.282. The average molecular weight is 622 g/mol. The van der Waals surface area contributed by atoms with Crippen LogP contribution in [0.3, 0.4) is 0 Å². The maximum Gasteiger partial charge on any atom is 0.306 e. The van der Waals surface area contributed by atoms with Crippen molar-refractivity contribution in [3.05, 3.63) is 82.0 Å². The monoisotopic (exact) mass is 620 g/mol. The lowest BCUT2D eigenvalue weighted by molar-refractivity contribution is -0.143. The van der Waals surface area contributed by atoms with Gasteiger partial charge < -0.3 is 19.9 Å². The summed E-state index contributed by atoms with van der Waals surface area (Å²) in [4.78, 5) is 33.9. The topological polar surface area (TPSA) is 114 Å². The maximum absolute atomic E-state index is 11.3. The summed E-state index contributed by atoms with van der Waals surface area (Å²) in [6.07, 6.45) is 3.64. The van der Waals surface area contributed by atoms with Gasteiger partial charge in [-0.25, -0.2) is 9.97 Å². The van der Waals surface area contributed by atoms with Gasteiger partial charge in [0.25, 0.3) is 0 Å². The number of pyridine rings is 2. The minimum Gasteiger partial charge on any atom is -0.493 e. The van der Waals surface area contributed by atoms with E-state index in [2.05, 4.69) is 20.2 Å². The molecule has 11 heteroatoms. The van der Waals surface area contributed by atoms with Crippen molar-refractivity contribution in [2.75, 3.05) is 32.6 Å². The number of carboxylic acid groups (broad SMARTS) is 1. The molecule has 2 aromatic carbocycles. The quantitative estimate of drug-likeness (QED) is 0.181. The SMILES string of the molecule is COc1nc(-c2cccc(-c3cccc(Nc4nccc(CN5CCC(C(=O)O)CC5)c4OC)c3Cl)c2Cl)ccc1C=O. The molecule has 0 atom stereocenters. The van der Waals surface area contributed by atoms with Gasteiger partial charge >= 0.3 is 5.97 Å². The van der Waals surface area contributed by atoms with Crippen LogP contribution in [0.2, 0.25) is 10.0 Å². The third-order valence-electron chi connectivity index (χ3n) is 7.55. The van der Waals surface area contributed by atoms with E-state index in [9.17, 15) is 14.7 Å². The molecule has 2 N–H and O–H groups in total. The number of piperidine rings is 1. The van der Waals surface area contributed by atoms with Gasteiger partial charge in [-0.3, -0.25) is 14.5 Å². The second-order valence-corrected chi connectivity index (χ2v) is 10.9. The summed E-state index contributed by atoms with van der Waals surface area (Å²) < 4.78 is 11.0. The Balaban J connectivity index is 1.43. The first kappa shape index (κ1) is 30.3. The second-order valence-electron chi connectivity index (χ2n) is 10.1. The Labute approximate surface area is 259 Å². The van der Waals surface area contributed by atoms with Gasteiger partial charge in [0.1, 0.15) is 0 Å². The Kier molecular flexibility index (Phi) is 9.45. The van der Waals surface area contributed by atoms with Crippen molar-refractivity contribution in [2.24, 2.45) is 5.92 Å². The number of nitrogens with zero attached hydrogens (tertiary/aromatic N) is 3. The molecule has 3 heterocycles. The number of aromatic nitrogens is 2. The first-order valence-electron chi connectivity index (χ1n) is 13.7. The van der Waals surface area contributed by atoms with Crippen molar-refractivity contribution in [2.45, 2.75) is 19.4 Å². The molecule has 0 unspecified atom stereocenters. The molecule has 2 aromatic heterocycles. The third-order valence-corrected chi connectivity index (χ3v) is 8.36. The first-order valence-corrected chi connectivity index (χ1v) is 14.4. The Bertz CT molecular complexity index is 1660. The van der Waals surface area contributed by atoms with E-state index in [1.165, 1.54) is 7.11 Å².